The summed E-state index contributed by atoms with van der Waals surface area (Å²) in [6.07, 6.45) is 5.82. The van der Waals surface area contributed by atoms with E-state index in [9.17, 15) is 9.18 Å². The fourth-order valence-electron chi connectivity index (χ4n) is 3.62. The molecule has 4 nitrogen and oxygen atoms in total. The maximum absolute atomic E-state index is 13.8. The summed E-state index contributed by atoms with van der Waals surface area (Å²) in [6.45, 7) is 2.25. The third kappa shape index (κ3) is 3.38. The summed E-state index contributed by atoms with van der Waals surface area (Å²) in [7, 11) is 0. The average molecular weight is 416 g/mol. The molecule has 3 heterocycles. The number of fused-ring (bicyclic) bond motifs is 1. The summed E-state index contributed by atoms with van der Waals surface area (Å²) < 4.78 is 16.9. The molecule has 134 valence electrons. The van der Waals surface area contributed by atoms with Crippen LogP contribution in [0, 0.1) is 11.7 Å². The van der Waals surface area contributed by atoms with Crippen molar-refractivity contribution in [1.82, 2.24) is 14.5 Å². The third-order valence-corrected chi connectivity index (χ3v) is 5.52. The first-order chi connectivity index (χ1) is 12.6. The molecule has 0 aliphatic carbocycles. The second-order valence-electron chi connectivity index (χ2n) is 6.75. The molecule has 0 N–H and O–H groups in total. The maximum atomic E-state index is 13.8. The van der Waals surface area contributed by atoms with E-state index in [4.69, 9.17) is 0 Å². The van der Waals surface area contributed by atoms with Crippen LogP contribution in [-0.2, 0) is 6.54 Å². The Labute approximate surface area is 159 Å². The number of amides is 1. The Morgan fingerprint density at radius 2 is 2.00 bits per heavy atom. The van der Waals surface area contributed by atoms with Crippen LogP contribution in [0.2, 0.25) is 0 Å². The van der Waals surface area contributed by atoms with Crippen molar-refractivity contribution in [2.45, 2.75) is 19.4 Å². The first-order valence-corrected chi connectivity index (χ1v) is 9.55. The van der Waals surface area contributed by atoms with Gasteiger partial charge >= 0.3 is 0 Å². The number of likely N-dealkylation sites (tertiary alicyclic amines) is 1. The highest BCUT2D eigenvalue weighted by atomic mass is 79.9. The first-order valence-electron chi connectivity index (χ1n) is 8.76. The summed E-state index contributed by atoms with van der Waals surface area (Å²) in [4.78, 5) is 18.6. The van der Waals surface area contributed by atoms with Crippen molar-refractivity contribution in [3.05, 3.63) is 64.8 Å². The van der Waals surface area contributed by atoms with Gasteiger partial charge < -0.3 is 9.47 Å². The molecule has 0 unspecified atom stereocenters. The van der Waals surface area contributed by atoms with Crippen LogP contribution in [0.3, 0.4) is 0 Å². The molecule has 1 aliphatic heterocycles. The largest absolute Gasteiger partial charge is 0.346 e. The minimum absolute atomic E-state index is 0.166. The summed E-state index contributed by atoms with van der Waals surface area (Å²) in [5.74, 6) is -0.155. The van der Waals surface area contributed by atoms with Crippen molar-refractivity contribution in [2.24, 2.45) is 5.92 Å². The van der Waals surface area contributed by atoms with Gasteiger partial charge in [-0.2, -0.15) is 0 Å². The first kappa shape index (κ1) is 17.2. The number of hydrogen-bond acceptors (Lipinski definition) is 2. The predicted octanol–water partition coefficient (Wildman–Crippen LogP) is 4.49. The average Bonchev–Trinajstić information content (AvgIpc) is 3.04. The topological polar surface area (TPSA) is 38.1 Å². The van der Waals surface area contributed by atoms with E-state index in [2.05, 4.69) is 37.7 Å². The predicted molar refractivity (Wildman–Crippen MR) is 102 cm³/mol. The van der Waals surface area contributed by atoms with Gasteiger partial charge in [0, 0.05) is 31.2 Å². The van der Waals surface area contributed by atoms with Crippen LogP contribution in [0.15, 0.2) is 53.4 Å². The van der Waals surface area contributed by atoms with E-state index in [1.807, 2.05) is 12.3 Å². The highest BCUT2D eigenvalue weighted by Gasteiger charge is 2.25. The molecule has 1 saturated heterocycles. The van der Waals surface area contributed by atoms with E-state index in [-0.39, 0.29) is 11.5 Å². The van der Waals surface area contributed by atoms with Crippen LogP contribution >= 0.6 is 15.9 Å². The maximum Gasteiger partial charge on any atom is 0.256 e. The van der Waals surface area contributed by atoms with Crippen LogP contribution in [0.4, 0.5) is 4.39 Å². The number of pyridine rings is 1. The Morgan fingerprint density at radius 3 is 2.77 bits per heavy atom. The highest BCUT2D eigenvalue weighted by molar-refractivity contribution is 9.10. The molecular formula is C20H19BrFN3O. The lowest BCUT2D eigenvalue weighted by molar-refractivity contribution is 0.0679. The zero-order chi connectivity index (χ0) is 18.1. The van der Waals surface area contributed by atoms with Crippen LogP contribution in [0.5, 0.6) is 0 Å². The number of piperidine rings is 1. The quantitative estimate of drug-likeness (QED) is 0.591. The van der Waals surface area contributed by atoms with Crippen LogP contribution in [-0.4, -0.2) is 33.4 Å². The van der Waals surface area contributed by atoms with Gasteiger partial charge in [0.15, 0.2) is 0 Å². The van der Waals surface area contributed by atoms with Gasteiger partial charge in [0.2, 0.25) is 0 Å². The second kappa shape index (κ2) is 7.19. The Kier molecular flexibility index (Phi) is 4.76. The minimum Gasteiger partial charge on any atom is -0.346 e. The molecule has 1 amide bonds. The summed E-state index contributed by atoms with van der Waals surface area (Å²) in [5, 5.41) is 1.17. The smallest absolute Gasteiger partial charge is 0.256 e. The fraction of sp³-hybridized carbons (Fsp3) is 0.300. The zero-order valence-corrected chi connectivity index (χ0v) is 15.8. The molecule has 2 aromatic heterocycles. The Balaban J connectivity index is 1.40. The number of carbonyl (C=O) groups is 1. The Hall–Kier alpha value is -2.21. The number of halogens is 2. The molecule has 0 spiro atoms. The third-order valence-electron chi connectivity index (χ3n) is 5.08. The molecule has 4 rings (SSSR count). The lowest BCUT2D eigenvalue weighted by atomic mass is 9.96. The number of carbonyl (C=O) groups excluding carboxylic acids is 1. The van der Waals surface area contributed by atoms with E-state index < -0.39 is 5.82 Å². The second-order valence-corrected chi connectivity index (χ2v) is 7.56. The molecule has 0 saturated carbocycles. The lowest BCUT2D eigenvalue weighted by Gasteiger charge is -2.32. The highest BCUT2D eigenvalue weighted by Crippen LogP contribution is 2.25. The Morgan fingerprint density at radius 1 is 1.23 bits per heavy atom. The van der Waals surface area contributed by atoms with Gasteiger partial charge in [-0.25, -0.2) is 9.37 Å². The van der Waals surface area contributed by atoms with Gasteiger partial charge in [0.1, 0.15) is 10.4 Å². The van der Waals surface area contributed by atoms with Gasteiger partial charge in [0.25, 0.3) is 5.91 Å². The van der Waals surface area contributed by atoms with E-state index in [1.54, 1.807) is 23.1 Å². The van der Waals surface area contributed by atoms with E-state index in [0.29, 0.717) is 19.0 Å². The van der Waals surface area contributed by atoms with Crippen molar-refractivity contribution in [1.29, 1.82) is 0 Å². The van der Waals surface area contributed by atoms with Crippen molar-refractivity contribution >= 4 is 32.7 Å². The van der Waals surface area contributed by atoms with Gasteiger partial charge in [0.05, 0.1) is 17.3 Å². The molecule has 1 fully saturated rings. The zero-order valence-electron chi connectivity index (χ0n) is 14.2. The number of hydrogen-bond donors (Lipinski definition) is 0. The van der Waals surface area contributed by atoms with E-state index in [1.165, 1.54) is 11.5 Å². The summed E-state index contributed by atoms with van der Waals surface area (Å²) in [5.41, 5.74) is 1.29. The van der Waals surface area contributed by atoms with Crippen molar-refractivity contribution in [3.8, 4) is 0 Å². The molecule has 0 atom stereocenters. The van der Waals surface area contributed by atoms with Crippen LogP contribution in [0.1, 0.15) is 23.2 Å². The number of benzene rings is 1. The van der Waals surface area contributed by atoms with Crippen LogP contribution < -0.4 is 0 Å². The van der Waals surface area contributed by atoms with Crippen molar-refractivity contribution in [2.75, 3.05) is 13.1 Å². The molecule has 0 radical (unpaired) electrons. The molecule has 3 aromatic rings. The Bertz CT molecular complexity index is 947. The van der Waals surface area contributed by atoms with Crippen molar-refractivity contribution < 1.29 is 9.18 Å². The molecule has 6 heteroatoms. The van der Waals surface area contributed by atoms with E-state index >= 15 is 0 Å². The molecule has 1 aromatic carbocycles. The molecule has 26 heavy (non-hydrogen) atoms. The normalized spacial score (nSPS) is 15.5. The van der Waals surface area contributed by atoms with Gasteiger partial charge in [-0.05, 0) is 59.0 Å². The number of rotatable bonds is 3. The van der Waals surface area contributed by atoms with Gasteiger partial charge in [-0.15, -0.1) is 0 Å². The lowest BCUT2D eigenvalue weighted by Crippen LogP contribution is -2.39. The standard InChI is InChI=1S/C20H19BrFN3O/c21-19-11-15-7-10-25(18(15)12-23-19)13-14-5-8-24(9-6-14)20(26)16-3-1-2-4-17(16)22/h1-4,7,10-12,14H,5-6,8-9,13H2. The van der Waals surface area contributed by atoms with Gasteiger partial charge in [-0.3, -0.25) is 4.79 Å². The fourth-order valence-corrected chi connectivity index (χ4v) is 3.97. The molecule has 0 bridgehead atoms. The molecule has 1 aliphatic rings. The SMILES string of the molecule is O=C(c1ccccc1F)N1CCC(Cn2ccc3cc(Br)ncc32)CC1. The number of nitrogens with zero attached hydrogens (tertiary/aromatic N) is 3. The van der Waals surface area contributed by atoms with E-state index in [0.717, 1.165) is 29.5 Å². The minimum atomic E-state index is -0.447. The number of aromatic nitrogens is 2. The van der Waals surface area contributed by atoms with Crippen LogP contribution in [0.25, 0.3) is 10.9 Å². The monoisotopic (exact) mass is 415 g/mol. The van der Waals surface area contributed by atoms with Gasteiger partial charge in [-0.1, -0.05) is 12.1 Å². The summed E-state index contributed by atoms with van der Waals surface area (Å²) in [6, 6.07) is 10.3. The summed E-state index contributed by atoms with van der Waals surface area (Å²) >= 11 is 3.40. The molecular weight excluding hydrogens is 397 g/mol. The van der Waals surface area contributed by atoms with Crippen molar-refractivity contribution in [3.63, 3.8) is 0 Å².